The number of hydrogen-bond donors (Lipinski definition) is 1. The average Bonchev–Trinajstić information content (AvgIpc) is 2.70. The van der Waals surface area contributed by atoms with Crippen molar-refractivity contribution in [3.05, 3.63) is 23.5 Å². The molecule has 1 aliphatic rings. The number of nitrogens with zero attached hydrogens (tertiary/aromatic N) is 1. The minimum absolute atomic E-state index is 0.500. The molecule has 2 rings (SSSR count). The molecule has 1 unspecified atom stereocenters. The van der Waals surface area contributed by atoms with Gasteiger partial charge in [-0.05, 0) is 25.1 Å². The van der Waals surface area contributed by atoms with Crippen molar-refractivity contribution < 1.29 is 4.74 Å². The van der Waals surface area contributed by atoms with E-state index in [9.17, 15) is 0 Å². The van der Waals surface area contributed by atoms with E-state index in [0.29, 0.717) is 11.1 Å². The maximum absolute atomic E-state index is 5.66. The summed E-state index contributed by atoms with van der Waals surface area (Å²) in [6, 6.07) is 3.58. The predicted molar refractivity (Wildman–Crippen MR) is 55.7 cm³/mol. The maximum Gasteiger partial charge on any atom is 0.137 e. The van der Waals surface area contributed by atoms with Crippen molar-refractivity contribution in [2.24, 2.45) is 5.92 Å². The molecule has 0 aliphatic carbocycles. The summed E-state index contributed by atoms with van der Waals surface area (Å²) < 4.78 is 5.58. The number of rotatable bonds is 3. The van der Waals surface area contributed by atoms with Crippen LogP contribution in [0.3, 0.4) is 0 Å². The fourth-order valence-corrected chi connectivity index (χ4v) is 1.63. The zero-order chi connectivity index (χ0) is 9.80. The zero-order valence-corrected chi connectivity index (χ0v) is 8.63. The van der Waals surface area contributed by atoms with E-state index in [4.69, 9.17) is 16.3 Å². The molecule has 0 spiro atoms. The van der Waals surface area contributed by atoms with Gasteiger partial charge in [-0.1, -0.05) is 11.6 Å². The first-order chi connectivity index (χ1) is 6.84. The van der Waals surface area contributed by atoms with Gasteiger partial charge in [0, 0.05) is 12.5 Å². The molecule has 76 valence electrons. The fraction of sp³-hybridized carbons (Fsp3) is 0.500. The molecule has 1 aliphatic heterocycles. The smallest absolute Gasteiger partial charge is 0.137 e. The number of pyridine rings is 1. The lowest BCUT2D eigenvalue weighted by Crippen LogP contribution is -2.15. The highest BCUT2D eigenvalue weighted by Crippen LogP contribution is 2.14. The number of halogens is 1. The summed E-state index contributed by atoms with van der Waals surface area (Å²) in [5.74, 6) is 1.42. The topological polar surface area (TPSA) is 34.1 Å². The molecule has 2 heterocycles. The van der Waals surface area contributed by atoms with E-state index < -0.39 is 0 Å². The molecule has 0 saturated carbocycles. The van der Waals surface area contributed by atoms with Gasteiger partial charge >= 0.3 is 0 Å². The quantitative estimate of drug-likeness (QED) is 0.775. The van der Waals surface area contributed by atoms with Crippen LogP contribution in [0.1, 0.15) is 6.42 Å². The molecular weight excluding hydrogens is 200 g/mol. The second kappa shape index (κ2) is 4.62. The lowest BCUT2D eigenvalue weighted by Gasteiger charge is -2.10. The maximum atomic E-state index is 5.66. The van der Waals surface area contributed by atoms with Gasteiger partial charge in [0.15, 0.2) is 0 Å². The molecule has 14 heavy (non-hydrogen) atoms. The third kappa shape index (κ3) is 2.59. The van der Waals surface area contributed by atoms with Crippen LogP contribution in [0, 0.1) is 5.92 Å². The lowest BCUT2D eigenvalue weighted by atomic mass is 10.1. The summed E-state index contributed by atoms with van der Waals surface area (Å²) in [4.78, 5) is 3.95. The SMILES string of the molecule is Clc1ccc(OCC2CCNC2)cn1. The first-order valence-electron chi connectivity index (χ1n) is 4.79. The van der Waals surface area contributed by atoms with Gasteiger partial charge in [-0.3, -0.25) is 0 Å². The lowest BCUT2D eigenvalue weighted by molar-refractivity contribution is 0.259. The van der Waals surface area contributed by atoms with Gasteiger partial charge < -0.3 is 10.1 Å². The van der Waals surface area contributed by atoms with E-state index >= 15 is 0 Å². The summed E-state index contributed by atoms with van der Waals surface area (Å²) in [6.07, 6.45) is 2.85. The third-order valence-electron chi connectivity index (χ3n) is 2.35. The summed E-state index contributed by atoms with van der Waals surface area (Å²) >= 11 is 5.66. The standard InChI is InChI=1S/C10H13ClN2O/c11-10-2-1-9(6-13-10)14-7-8-3-4-12-5-8/h1-2,6,8,12H,3-5,7H2. The van der Waals surface area contributed by atoms with Crippen molar-refractivity contribution in [2.75, 3.05) is 19.7 Å². The summed E-state index contributed by atoms with van der Waals surface area (Å²) in [5, 5.41) is 3.80. The summed E-state index contributed by atoms with van der Waals surface area (Å²) in [7, 11) is 0. The molecule has 0 bridgehead atoms. The molecule has 1 saturated heterocycles. The van der Waals surface area contributed by atoms with Gasteiger partial charge in [0.05, 0.1) is 12.8 Å². The van der Waals surface area contributed by atoms with Crippen molar-refractivity contribution in [1.29, 1.82) is 0 Å². The Morgan fingerprint density at radius 2 is 2.50 bits per heavy atom. The van der Waals surface area contributed by atoms with Crippen LogP contribution in [0.15, 0.2) is 18.3 Å². The third-order valence-corrected chi connectivity index (χ3v) is 2.57. The second-order valence-electron chi connectivity index (χ2n) is 3.49. The van der Waals surface area contributed by atoms with E-state index in [1.807, 2.05) is 6.07 Å². The average molecular weight is 213 g/mol. The Hall–Kier alpha value is -0.800. The highest BCUT2D eigenvalue weighted by atomic mass is 35.5. The minimum Gasteiger partial charge on any atom is -0.492 e. The molecule has 0 radical (unpaired) electrons. The van der Waals surface area contributed by atoms with Crippen molar-refractivity contribution >= 4 is 11.6 Å². The Kier molecular flexibility index (Phi) is 3.22. The van der Waals surface area contributed by atoms with E-state index in [2.05, 4.69) is 10.3 Å². The van der Waals surface area contributed by atoms with Crippen LogP contribution in [0.5, 0.6) is 5.75 Å². The zero-order valence-electron chi connectivity index (χ0n) is 7.87. The Bertz CT molecular complexity index is 283. The van der Waals surface area contributed by atoms with Crippen molar-refractivity contribution in [3.63, 3.8) is 0 Å². The Morgan fingerprint density at radius 3 is 3.14 bits per heavy atom. The highest BCUT2D eigenvalue weighted by Gasteiger charge is 2.14. The van der Waals surface area contributed by atoms with Crippen LogP contribution >= 0.6 is 11.6 Å². The van der Waals surface area contributed by atoms with Crippen LogP contribution in [0.25, 0.3) is 0 Å². The molecule has 0 aromatic carbocycles. The van der Waals surface area contributed by atoms with Gasteiger partial charge in [0.1, 0.15) is 10.9 Å². The number of nitrogens with one attached hydrogen (secondary N) is 1. The van der Waals surface area contributed by atoms with Crippen LogP contribution in [-0.4, -0.2) is 24.7 Å². The molecule has 1 N–H and O–H groups in total. The Labute approximate surface area is 88.4 Å². The fourth-order valence-electron chi connectivity index (χ4n) is 1.52. The van der Waals surface area contributed by atoms with Gasteiger partial charge in [0.2, 0.25) is 0 Å². The minimum atomic E-state index is 0.500. The van der Waals surface area contributed by atoms with Crippen molar-refractivity contribution in [1.82, 2.24) is 10.3 Å². The van der Waals surface area contributed by atoms with Crippen LogP contribution in [-0.2, 0) is 0 Å². The molecule has 1 fully saturated rings. The summed E-state index contributed by atoms with van der Waals surface area (Å²) in [6.45, 7) is 2.92. The molecule has 1 aromatic rings. The van der Waals surface area contributed by atoms with Crippen molar-refractivity contribution in [3.8, 4) is 5.75 Å². The van der Waals surface area contributed by atoms with E-state index in [1.54, 1.807) is 12.3 Å². The van der Waals surface area contributed by atoms with E-state index in [1.165, 1.54) is 6.42 Å². The first-order valence-corrected chi connectivity index (χ1v) is 5.17. The highest BCUT2D eigenvalue weighted by molar-refractivity contribution is 6.29. The Balaban J connectivity index is 1.82. The molecule has 0 amide bonds. The number of aromatic nitrogens is 1. The van der Waals surface area contributed by atoms with Gasteiger partial charge in [-0.2, -0.15) is 0 Å². The van der Waals surface area contributed by atoms with Gasteiger partial charge in [-0.15, -0.1) is 0 Å². The summed E-state index contributed by atoms with van der Waals surface area (Å²) in [5.41, 5.74) is 0. The second-order valence-corrected chi connectivity index (χ2v) is 3.87. The molecule has 1 atom stereocenters. The van der Waals surface area contributed by atoms with Gasteiger partial charge in [-0.25, -0.2) is 4.98 Å². The first kappa shape index (κ1) is 9.74. The monoisotopic (exact) mass is 212 g/mol. The van der Waals surface area contributed by atoms with E-state index in [0.717, 1.165) is 25.4 Å². The van der Waals surface area contributed by atoms with Crippen molar-refractivity contribution in [2.45, 2.75) is 6.42 Å². The van der Waals surface area contributed by atoms with Crippen LogP contribution in [0.4, 0.5) is 0 Å². The molecular formula is C10H13ClN2O. The number of ether oxygens (including phenoxy) is 1. The molecule has 3 nitrogen and oxygen atoms in total. The molecule has 1 aromatic heterocycles. The normalized spacial score (nSPS) is 21.1. The largest absolute Gasteiger partial charge is 0.492 e. The molecule has 4 heteroatoms. The van der Waals surface area contributed by atoms with Gasteiger partial charge in [0.25, 0.3) is 0 Å². The van der Waals surface area contributed by atoms with Crippen LogP contribution in [0.2, 0.25) is 5.15 Å². The number of hydrogen-bond acceptors (Lipinski definition) is 3. The van der Waals surface area contributed by atoms with Crippen LogP contribution < -0.4 is 10.1 Å². The van der Waals surface area contributed by atoms with E-state index in [-0.39, 0.29) is 0 Å². The predicted octanol–water partition coefficient (Wildman–Crippen LogP) is 1.72. The Morgan fingerprint density at radius 1 is 1.57 bits per heavy atom.